The minimum Gasteiger partial charge on any atom is -0.494 e. The van der Waals surface area contributed by atoms with Gasteiger partial charge in [-0.2, -0.15) is 0 Å². The molecule has 0 bridgehead atoms. The molecule has 0 saturated carbocycles. The Morgan fingerprint density at radius 3 is 2.48 bits per heavy atom. The van der Waals surface area contributed by atoms with Gasteiger partial charge in [-0.05, 0) is 61.7 Å². The average Bonchev–Trinajstić information content (AvgIpc) is 3.09. The van der Waals surface area contributed by atoms with Crippen LogP contribution in [0.2, 0.25) is 0 Å². The summed E-state index contributed by atoms with van der Waals surface area (Å²) in [5, 5.41) is 8.63. The molecule has 2 aromatic carbocycles. The number of benzene rings is 2. The van der Waals surface area contributed by atoms with Crippen molar-refractivity contribution < 1.29 is 9.53 Å². The van der Waals surface area contributed by atoms with E-state index in [0.29, 0.717) is 24.0 Å². The van der Waals surface area contributed by atoms with Crippen molar-refractivity contribution in [1.29, 1.82) is 0 Å². The fourth-order valence-electron chi connectivity index (χ4n) is 2.75. The summed E-state index contributed by atoms with van der Waals surface area (Å²) in [6.07, 6.45) is 0. The van der Waals surface area contributed by atoms with Gasteiger partial charge in [-0.1, -0.05) is 18.2 Å². The van der Waals surface area contributed by atoms with E-state index >= 15 is 0 Å². The second-order valence-electron chi connectivity index (χ2n) is 6.30. The molecule has 1 heterocycles. The molecule has 5 nitrogen and oxygen atoms in total. The Kier molecular flexibility index (Phi) is 6.08. The van der Waals surface area contributed by atoms with Crippen LogP contribution in [0.25, 0.3) is 0 Å². The van der Waals surface area contributed by atoms with Gasteiger partial charge in [0.25, 0.3) is 5.91 Å². The zero-order chi connectivity index (χ0) is 19.2. The minimum atomic E-state index is -0.186. The van der Waals surface area contributed by atoms with Crippen molar-refractivity contribution in [1.82, 2.24) is 10.3 Å². The predicted molar refractivity (Wildman–Crippen MR) is 110 cm³/mol. The monoisotopic (exact) mass is 381 g/mol. The Labute approximate surface area is 163 Å². The van der Waals surface area contributed by atoms with Gasteiger partial charge in [0.1, 0.15) is 11.4 Å². The molecule has 6 heteroatoms. The van der Waals surface area contributed by atoms with E-state index in [-0.39, 0.29) is 5.91 Å². The summed E-state index contributed by atoms with van der Waals surface area (Å²) in [7, 11) is 0. The van der Waals surface area contributed by atoms with Gasteiger partial charge < -0.3 is 15.4 Å². The molecule has 0 radical (unpaired) electrons. The maximum absolute atomic E-state index is 12.3. The van der Waals surface area contributed by atoms with Gasteiger partial charge in [0.2, 0.25) is 0 Å². The highest BCUT2D eigenvalue weighted by molar-refractivity contribution is 7.14. The number of aryl methyl sites for hydroxylation is 2. The quantitative estimate of drug-likeness (QED) is 0.615. The molecule has 0 aliphatic carbocycles. The average molecular weight is 382 g/mol. The highest BCUT2D eigenvalue weighted by Crippen LogP contribution is 2.23. The Hall–Kier alpha value is -2.86. The van der Waals surface area contributed by atoms with E-state index in [9.17, 15) is 4.79 Å². The van der Waals surface area contributed by atoms with Crippen molar-refractivity contribution in [2.45, 2.75) is 27.3 Å². The van der Waals surface area contributed by atoms with E-state index < -0.39 is 0 Å². The van der Waals surface area contributed by atoms with E-state index in [1.165, 1.54) is 22.5 Å². The zero-order valence-corrected chi connectivity index (χ0v) is 16.5. The summed E-state index contributed by atoms with van der Waals surface area (Å²) in [5.41, 5.74) is 4.77. The molecule has 0 spiro atoms. The molecule has 1 aromatic heterocycles. The molecule has 140 valence electrons. The van der Waals surface area contributed by atoms with Crippen molar-refractivity contribution in [3.63, 3.8) is 0 Å². The Morgan fingerprint density at radius 1 is 1.11 bits per heavy atom. The molecule has 27 heavy (non-hydrogen) atoms. The lowest BCUT2D eigenvalue weighted by Gasteiger charge is -2.06. The van der Waals surface area contributed by atoms with Crippen molar-refractivity contribution in [2.24, 2.45) is 0 Å². The lowest BCUT2D eigenvalue weighted by molar-refractivity contribution is 0.0946. The van der Waals surface area contributed by atoms with Crippen LogP contribution in [0.5, 0.6) is 5.75 Å². The van der Waals surface area contributed by atoms with Crippen LogP contribution in [0.1, 0.15) is 34.1 Å². The first-order valence-electron chi connectivity index (χ1n) is 8.84. The van der Waals surface area contributed by atoms with E-state index in [2.05, 4.69) is 47.7 Å². The molecule has 3 rings (SSSR count). The lowest BCUT2D eigenvalue weighted by Crippen LogP contribution is -2.23. The van der Waals surface area contributed by atoms with Gasteiger partial charge in [0.05, 0.1) is 6.61 Å². The van der Waals surface area contributed by atoms with E-state index in [0.717, 1.165) is 17.0 Å². The molecule has 0 unspecified atom stereocenters. The molecule has 0 saturated heterocycles. The topological polar surface area (TPSA) is 63.2 Å². The molecule has 0 fully saturated rings. The maximum Gasteiger partial charge on any atom is 0.271 e. The number of aromatic nitrogens is 1. The number of hydrogen-bond donors (Lipinski definition) is 2. The van der Waals surface area contributed by atoms with Gasteiger partial charge in [0.15, 0.2) is 5.13 Å². The normalized spacial score (nSPS) is 10.5. The number of carbonyl (C=O) groups is 1. The third kappa shape index (κ3) is 5.31. The van der Waals surface area contributed by atoms with Crippen LogP contribution in [0, 0.1) is 13.8 Å². The molecular weight excluding hydrogens is 358 g/mol. The highest BCUT2D eigenvalue weighted by Gasteiger charge is 2.11. The molecular formula is C21H23N3O2S. The summed E-state index contributed by atoms with van der Waals surface area (Å²) in [6, 6.07) is 13.9. The minimum absolute atomic E-state index is 0.186. The summed E-state index contributed by atoms with van der Waals surface area (Å²) in [6.45, 7) is 7.14. The number of amides is 1. The van der Waals surface area contributed by atoms with Crippen LogP contribution in [-0.2, 0) is 6.54 Å². The van der Waals surface area contributed by atoms with Gasteiger partial charge >= 0.3 is 0 Å². The number of nitrogens with one attached hydrogen (secondary N) is 2. The third-order valence-electron chi connectivity index (χ3n) is 3.90. The summed E-state index contributed by atoms with van der Waals surface area (Å²) in [5.74, 6) is 0.641. The first-order valence-corrected chi connectivity index (χ1v) is 9.72. The first-order chi connectivity index (χ1) is 13.0. The summed E-state index contributed by atoms with van der Waals surface area (Å²) >= 11 is 1.41. The first kappa shape index (κ1) is 18.9. The molecule has 0 atom stereocenters. The summed E-state index contributed by atoms with van der Waals surface area (Å²) in [4.78, 5) is 16.7. The maximum atomic E-state index is 12.3. The number of anilines is 2. The Balaban J connectivity index is 1.57. The van der Waals surface area contributed by atoms with Crippen LogP contribution >= 0.6 is 11.3 Å². The van der Waals surface area contributed by atoms with E-state index in [1.54, 1.807) is 5.38 Å². The second-order valence-corrected chi connectivity index (χ2v) is 7.16. The largest absolute Gasteiger partial charge is 0.494 e. The van der Waals surface area contributed by atoms with Gasteiger partial charge in [0, 0.05) is 17.6 Å². The number of nitrogens with zero attached hydrogens (tertiary/aromatic N) is 1. The summed E-state index contributed by atoms with van der Waals surface area (Å²) < 4.78 is 5.42. The van der Waals surface area contributed by atoms with Crippen molar-refractivity contribution in [2.75, 3.05) is 11.9 Å². The third-order valence-corrected chi connectivity index (χ3v) is 4.65. The lowest BCUT2D eigenvalue weighted by atomic mass is 10.1. The second kappa shape index (κ2) is 8.68. The van der Waals surface area contributed by atoms with E-state index in [4.69, 9.17) is 4.74 Å². The molecule has 0 aliphatic heterocycles. The predicted octanol–water partition coefficient (Wildman–Crippen LogP) is 4.83. The van der Waals surface area contributed by atoms with Gasteiger partial charge in [-0.25, -0.2) is 4.98 Å². The van der Waals surface area contributed by atoms with Crippen molar-refractivity contribution in [3.8, 4) is 5.75 Å². The standard InChI is InChI=1S/C21H23N3O2S/c1-4-26-18-7-5-16(6-8-18)12-22-20(25)19-13-27-21(24-19)23-17-10-14(2)9-15(3)11-17/h5-11,13H,4,12H2,1-3H3,(H,22,25)(H,23,24). The van der Waals surface area contributed by atoms with E-state index in [1.807, 2.05) is 31.2 Å². The van der Waals surface area contributed by atoms with Gasteiger partial charge in [-0.15, -0.1) is 11.3 Å². The number of thiazole rings is 1. The van der Waals surface area contributed by atoms with Crippen LogP contribution < -0.4 is 15.4 Å². The van der Waals surface area contributed by atoms with Gasteiger partial charge in [-0.3, -0.25) is 4.79 Å². The van der Waals surface area contributed by atoms with Crippen LogP contribution in [0.3, 0.4) is 0 Å². The Morgan fingerprint density at radius 2 is 1.81 bits per heavy atom. The smallest absolute Gasteiger partial charge is 0.271 e. The molecule has 3 aromatic rings. The van der Waals surface area contributed by atoms with Crippen LogP contribution in [0.4, 0.5) is 10.8 Å². The van der Waals surface area contributed by atoms with Crippen molar-refractivity contribution >= 4 is 28.1 Å². The molecule has 0 aliphatic rings. The highest BCUT2D eigenvalue weighted by atomic mass is 32.1. The molecule has 2 N–H and O–H groups in total. The number of rotatable bonds is 7. The zero-order valence-electron chi connectivity index (χ0n) is 15.7. The number of ether oxygens (including phenoxy) is 1. The SMILES string of the molecule is CCOc1ccc(CNC(=O)c2csc(Nc3cc(C)cc(C)c3)n2)cc1. The fourth-order valence-corrected chi connectivity index (χ4v) is 3.46. The number of hydrogen-bond acceptors (Lipinski definition) is 5. The van der Waals surface area contributed by atoms with Crippen LogP contribution in [-0.4, -0.2) is 17.5 Å². The number of carbonyl (C=O) groups excluding carboxylic acids is 1. The Bertz CT molecular complexity index is 899. The van der Waals surface area contributed by atoms with Crippen LogP contribution in [0.15, 0.2) is 47.8 Å². The van der Waals surface area contributed by atoms with Crippen molar-refractivity contribution in [3.05, 3.63) is 70.2 Å². The molecule has 1 amide bonds. The fraction of sp³-hybridized carbons (Fsp3) is 0.238.